The molecule has 2 saturated heterocycles. The van der Waals surface area contributed by atoms with E-state index in [0.717, 1.165) is 45.7 Å². The summed E-state index contributed by atoms with van der Waals surface area (Å²) in [5.74, 6) is 0. The summed E-state index contributed by atoms with van der Waals surface area (Å²) in [6, 6.07) is 10.4. The van der Waals surface area contributed by atoms with Gasteiger partial charge in [0.1, 0.15) is 0 Å². The van der Waals surface area contributed by atoms with Crippen LogP contribution in [-0.4, -0.2) is 45.9 Å². The molecule has 3 rings (SSSR count). The van der Waals surface area contributed by atoms with Crippen LogP contribution in [0.4, 0.5) is 0 Å². The van der Waals surface area contributed by atoms with Crippen LogP contribution in [0.1, 0.15) is 32.3 Å². The maximum absolute atomic E-state index is 6.21. The van der Waals surface area contributed by atoms with Gasteiger partial charge in [0, 0.05) is 17.3 Å². The van der Waals surface area contributed by atoms with Gasteiger partial charge in [0.05, 0.1) is 39.6 Å². The molecule has 0 unspecified atom stereocenters. The van der Waals surface area contributed by atoms with Crippen LogP contribution in [0.15, 0.2) is 30.3 Å². The lowest BCUT2D eigenvalue weighted by atomic mass is 9.84. The minimum Gasteiger partial charge on any atom is -0.380 e. The summed E-state index contributed by atoms with van der Waals surface area (Å²) in [4.78, 5) is 0. The van der Waals surface area contributed by atoms with Gasteiger partial charge in [-0.2, -0.15) is 0 Å². The van der Waals surface area contributed by atoms with Crippen molar-refractivity contribution in [3.63, 3.8) is 0 Å². The molecular weight excluding hydrogens is 304 g/mol. The van der Waals surface area contributed by atoms with E-state index in [0.29, 0.717) is 13.2 Å². The highest BCUT2D eigenvalue weighted by Gasteiger charge is 2.40. The molecule has 0 aromatic heterocycles. The van der Waals surface area contributed by atoms with Crippen molar-refractivity contribution in [2.75, 3.05) is 39.6 Å². The highest BCUT2D eigenvalue weighted by molar-refractivity contribution is 5.15. The summed E-state index contributed by atoms with van der Waals surface area (Å²) >= 11 is 0. The average Bonchev–Trinajstić information content (AvgIpc) is 2.54. The molecule has 2 fully saturated rings. The molecule has 0 amide bonds. The van der Waals surface area contributed by atoms with E-state index in [1.165, 1.54) is 5.56 Å². The molecule has 0 bridgehead atoms. The molecule has 4 heteroatoms. The third kappa shape index (κ3) is 4.17. The van der Waals surface area contributed by atoms with Gasteiger partial charge in [0.25, 0.3) is 0 Å². The normalized spacial score (nSPS) is 21.3. The van der Waals surface area contributed by atoms with Crippen molar-refractivity contribution in [2.45, 2.75) is 39.4 Å². The SMILES string of the molecule is CCC1(COC(Cc2ccccc2)OCC2(CC)COC2)COC1. The summed E-state index contributed by atoms with van der Waals surface area (Å²) in [5, 5.41) is 0. The predicted molar refractivity (Wildman–Crippen MR) is 92.9 cm³/mol. The third-order valence-electron chi connectivity index (χ3n) is 5.53. The Morgan fingerprint density at radius 2 is 1.38 bits per heavy atom. The monoisotopic (exact) mass is 334 g/mol. The Balaban J connectivity index is 1.57. The number of benzene rings is 1. The van der Waals surface area contributed by atoms with Gasteiger partial charge in [-0.1, -0.05) is 44.2 Å². The van der Waals surface area contributed by atoms with E-state index < -0.39 is 0 Å². The van der Waals surface area contributed by atoms with Crippen LogP contribution in [-0.2, 0) is 25.4 Å². The van der Waals surface area contributed by atoms with Gasteiger partial charge in [-0.25, -0.2) is 0 Å². The van der Waals surface area contributed by atoms with E-state index in [1.807, 2.05) is 6.07 Å². The summed E-state index contributed by atoms with van der Waals surface area (Å²) in [6.45, 7) is 9.02. The molecule has 4 nitrogen and oxygen atoms in total. The summed E-state index contributed by atoms with van der Waals surface area (Å²) in [7, 11) is 0. The van der Waals surface area contributed by atoms with Crippen LogP contribution in [0.25, 0.3) is 0 Å². The number of rotatable bonds is 10. The van der Waals surface area contributed by atoms with Crippen molar-refractivity contribution in [1.29, 1.82) is 0 Å². The number of hydrogen-bond donors (Lipinski definition) is 0. The largest absolute Gasteiger partial charge is 0.380 e. The third-order valence-corrected chi connectivity index (χ3v) is 5.53. The van der Waals surface area contributed by atoms with E-state index in [9.17, 15) is 0 Å². The van der Waals surface area contributed by atoms with E-state index in [2.05, 4.69) is 38.1 Å². The summed E-state index contributed by atoms with van der Waals surface area (Å²) < 4.78 is 23.2. The van der Waals surface area contributed by atoms with Crippen molar-refractivity contribution in [2.24, 2.45) is 10.8 Å². The first-order valence-electron chi connectivity index (χ1n) is 9.12. The minimum atomic E-state index is -0.208. The predicted octanol–water partition coefficient (Wildman–Crippen LogP) is 3.44. The zero-order chi connectivity index (χ0) is 16.9. The molecule has 2 aliphatic heterocycles. The Morgan fingerprint density at radius 1 is 0.875 bits per heavy atom. The maximum Gasteiger partial charge on any atom is 0.161 e. The van der Waals surface area contributed by atoms with Crippen LogP contribution in [0, 0.1) is 10.8 Å². The molecule has 1 aromatic carbocycles. The lowest BCUT2D eigenvalue weighted by molar-refractivity contribution is -0.234. The molecule has 0 N–H and O–H groups in total. The standard InChI is InChI=1S/C20H30O4/c1-3-19(11-21-12-19)15-23-18(10-17-8-6-5-7-9-17)24-16-20(4-2)13-22-14-20/h5-9,18H,3-4,10-16H2,1-2H3. The zero-order valence-electron chi connectivity index (χ0n) is 15.0. The van der Waals surface area contributed by atoms with Crippen molar-refractivity contribution < 1.29 is 18.9 Å². The molecule has 0 saturated carbocycles. The smallest absolute Gasteiger partial charge is 0.161 e. The molecule has 0 aliphatic carbocycles. The van der Waals surface area contributed by atoms with Gasteiger partial charge in [-0.3, -0.25) is 0 Å². The van der Waals surface area contributed by atoms with Crippen LogP contribution >= 0.6 is 0 Å². The molecule has 2 aliphatic rings. The molecular formula is C20H30O4. The Hall–Kier alpha value is -0.940. The lowest BCUT2D eigenvalue weighted by Crippen LogP contribution is -2.48. The molecule has 24 heavy (non-hydrogen) atoms. The average molecular weight is 334 g/mol. The first-order chi connectivity index (χ1) is 11.7. The molecule has 1 aromatic rings. The molecule has 2 heterocycles. The summed E-state index contributed by atoms with van der Waals surface area (Å²) in [5.41, 5.74) is 1.61. The molecule has 0 radical (unpaired) electrons. The van der Waals surface area contributed by atoms with Gasteiger partial charge >= 0.3 is 0 Å². The van der Waals surface area contributed by atoms with E-state index in [1.54, 1.807) is 0 Å². The van der Waals surface area contributed by atoms with Crippen LogP contribution in [0.3, 0.4) is 0 Å². The second kappa shape index (κ2) is 7.96. The fourth-order valence-corrected chi connectivity index (χ4v) is 3.07. The molecule has 0 spiro atoms. The van der Waals surface area contributed by atoms with E-state index >= 15 is 0 Å². The van der Waals surface area contributed by atoms with Crippen molar-refractivity contribution in [3.05, 3.63) is 35.9 Å². The van der Waals surface area contributed by atoms with Crippen molar-refractivity contribution in [1.82, 2.24) is 0 Å². The highest BCUT2D eigenvalue weighted by Crippen LogP contribution is 2.34. The second-order valence-corrected chi connectivity index (χ2v) is 7.43. The first kappa shape index (κ1) is 17.9. The Morgan fingerprint density at radius 3 is 1.75 bits per heavy atom. The molecule has 134 valence electrons. The fourth-order valence-electron chi connectivity index (χ4n) is 3.07. The topological polar surface area (TPSA) is 36.9 Å². The van der Waals surface area contributed by atoms with Crippen molar-refractivity contribution >= 4 is 0 Å². The van der Waals surface area contributed by atoms with Crippen molar-refractivity contribution in [3.8, 4) is 0 Å². The van der Waals surface area contributed by atoms with Gasteiger partial charge in [0.2, 0.25) is 0 Å². The number of hydrogen-bond acceptors (Lipinski definition) is 4. The zero-order valence-corrected chi connectivity index (χ0v) is 15.0. The Kier molecular flexibility index (Phi) is 5.93. The lowest BCUT2D eigenvalue weighted by Gasteiger charge is -2.43. The van der Waals surface area contributed by atoms with E-state index in [-0.39, 0.29) is 17.1 Å². The molecule has 0 atom stereocenters. The first-order valence-corrected chi connectivity index (χ1v) is 9.12. The van der Waals surface area contributed by atoms with Crippen LogP contribution in [0.2, 0.25) is 0 Å². The Labute approximate surface area is 145 Å². The van der Waals surface area contributed by atoms with E-state index in [4.69, 9.17) is 18.9 Å². The quantitative estimate of drug-likeness (QED) is 0.614. The second-order valence-electron chi connectivity index (χ2n) is 7.43. The van der Waals surface area contributed by atoms with Crippen LogP contribution in [0.5, 0.6) is 0 Å². The fraction of sp³-hybridized carbons (Fsp3) is 0.700. The van der Waals surface area contributed by atoms with Gasteiger partial charge in [0.15, 0.2) is 6.29 Å². The number of ether oxygens (including phenoxy) is 4. The van der Waals surface area contributed by atoms with Gasteiger partial charge < -0.3 is 18.9 Å². The van der Waals surface area contributed by atoms with Crippen LogP contribution < -0.4 is 0 Å². The highest BCUT2D eigenvalue weighted by atomic mass is 16.7. The maximum atomic E-state index is 6.21. The van der Waals surface area contributed by atoms with Gasteiger partial charge in [-0.05, 0) is 18.4 Å². The van der Waals surface area contributed by atoms with Gasteiger partial charge in [-0.15, -0.1) is 0 Å². The summed E-state index contributed by atoms with van der Waals surface area (Å²) in [6.07, 6.45) is 2.73. The minimum absolute atomic E-state index is 0.181. The Bertz CT molecular complexity index is 457.